The monoisotopic (exact) mass is 371 g/mol. The average molecular weight is 371 g/mol. The zero-order valence-corrected chi connectivity index (χ0v) is 15.3. The van der Waals surface area contributed by atoms with Crippen molar-refractivity contribution >= 4 is 17.6 Å². The van der Waals surface area contributed by atoms with Gasteiger partial charge < -0.3 is 26.0 Å². The van der Waals surface area contributed by atoms with Crippen molar-refractivity contribution in [2.75, 3.05) is 32.1 Å². The summed E-state index contributed by atoms with van der Waals surface area (Å²) in [7, 11) is 1.61. The molecule has 0 aliphatic rings. The molecule has 0 unspecified atom stereocenters. The van der Waals surface area contributed by atoms with Crippen molar-refractivity contribution in [2.45, 2.75) is 13.1 Å². The number of hydrogen-bond acceptors (Lipinski definition) is 5. The smallest absolute Gasteiger partial charge is 0.319 e. The van der Waals surface area contributed by atoms with Gasteiger partial charge in [0.1, 0.15) is 0 Å². The van der Waals surface area contributed by atoms with E-state index in [2.05, 4.69) is 26.3 Å². The van der Waals surface area contributed by atoms with Gasteiger partial charge in [0.05, 0.1) is 13.2 Å². The quantitative estimate of drug-likeness (QED) is 0.471. The third-order valence-electron chi connectivity index (χ3n) is 3.65. The summed E-state index contributed by atoms with van der Waals surface area (Å²) in [6, 6.07) is 10.7. The molecule has 2 aromatic rings. The number of amides is 3. The lowest BCUT2D eigenvalue weighted by Crippen LogP contribution is -2.34. The lowest BCUT2D eigenvalue weighted by Gasteiger charge is -2.10. The Bertz CT molecular complexity index is 724. The summed E-state index contributed by atoms with van der Waals surface area (Å²) in [5, 5.41) is 11.4. The minimum absolute atomic E-state index is 0.0976. The van der Waals surface area contributed by atoms with Crippen LogP contribution >= 0.6 is 0 Å². The van der Waals surface area contributed by atoms with E-state index in [0.717, 1.165) is 11.1 Å². The van der Waals surface area contributed by atoms with E-state index in [1.165, 1.54) is 0 Å². The van der Waals surface area contributed by atoms with E-state index < -0.39 is 0 Å². The summed E-state index contributed by atoms with van der Waals surface area (Å²) in [4.78, 5) is 27.7. The fourth-order valence-corrected chi connectivity index (χ4v) is 2.26. The Morgan fingerprint density at radius 3 is 2.59 bits per heavy atom. The molecule has 0 spiro atoms. The maximum absolute atomic E-state index is 12.0. The van der Waals surface area contributed by atoms with Gasteiger partial charge in [-0.1, -0.05) is 12.1 Å². The van der Waals surface area contributed by atoms with Crippen LogP contribution in [-0.4, -0.2) is 43.7 Å². The summed E-state index contributed by atoms with van der Waals surface area (Å²) in [6.07, 6.45) is 3.36. The number of nitrogens with zero attached hydrogens (tertiary/aromatic N) is 1. The lowest BCUT2D eigenvalue weighted by molar-refractivity contribution is -0.120. The predicted octanol–water partition coefficient (Wildman–Crippen LogP) is 1.26. The number of methoxy groups -OCH3 is 1. The predicted molar refractivity (Wildman–Crippen MR) is 103 cm³/mol. The molecule has 0 aliphatic heterocycles. The average Bonchev–Trinajstić information content (AvgIpc) is 2.69. The summed E-state index contributed by atoms with van der Waals surface area (Å²) < 4.78 is 4.90. The molecule has 27 heavy (non-hydrogen) atoms. The van der Waals surface area contributed by atoms with Crippen LogP contribution in [0.3, 0.4) is 0 Å². The van der Waals surface area contributed by atoms with Gasteiger partial charge in [-0.05, 0) is 35.4 Å². The summed E-state index contributed by atoms with van der Waals surface area (Å²) in [5.74, 6) is -0.0976. The third-order valence-corrected chi connectivity index (χ3v) is 3.65. The number of pyridine rings is 1. The fraction of sp³-hybridized carbons (Fsp3) is 0.316. The molecule has 144 valence electrons. The molecular weight excluding hydrogens is 346 g/mol. The minimum Gasteiger partial charge on any atom is -0.383 e. The molecule has 0 aliphatic carbocycles. The first-order valence-corrected chi connectivity index (χ1v) is 8.66. The second kappa shape index (κ2) is 11.6. The highest BCUT2D eigenvalue weighted by atomic mass is 16.5. The first kappa shape index (κ1) is 20.3. The van der Waals surface area contributed by atoms with Crippen molar-refractivity contribution in [1.82, 2.24) is 20.9 Å². The van der Waals surface area contributed by atoms with Gasteiger partial charge in [0, 0.05) is 44.8 Å². The number of benzene rings is 1. The number of rotatable bonds is 10. The SMILES string of the molecule is COCCNCC(=O)NCc1cccc(NC(=O)NCc2ccncc2)c1. The zero-order valence-electron chi connectivity index (χ0n) is 15.3. The Morgan fingerprint density at radius 1 is 1.04 bits per heavy atom. The molecule has 0 bridgehead atoms. The van der Waals surface area contributed by atoms with E-state index in [1.54, 1.807) is 25.6 Å². The van der Waals surface area contributed by atoms with Gasteiger partial charge in [0.15, 0.2) is 0 Å². The van der Waals surface area contributed by atoms with Crippen LogP contribution in [-0.2, 0) is 22.6 Å². The molecule has 8 nitrogen and oxygen atoms in total. The van der Waals surface area contributed by atoms with E-state index >= 15 is 0 Å². The standard InChI is InChI=1S/C19H25N5O3/c1-27-10-9-21-14-18(25)22-13-16-3-2-4-17(11-16)24-19(26)23-12-15-5-7-20-8-6-15/h2-8,11,21H,9-10,12-14H2,1H3,(H,22,25)(H2,23,24,26). The Morgan fingerprint density at radius 2 is 1.81 bits per heavy atom. The molecule has 1 heterocycles. The van der Waals surface area contributed by atoms with Gasteiger partial charge >= 0.3 is 6.03 Å². The highest BCUT2D eigenvalue weighted by molar-refractivity contribution is 5.89. The van der Waals surface area contributed by atoms with Crippen LogP contribution in [0, 0.1) is 0 Å². The molecule has 0 saturated carbocycles. The maximum Gasteiger partial charge on any atom is 0.319 e. The summed E-state index contributed by atoms with van der Waals surface area (Å²) in [5.41, 5.74) is 2.52. The van der Waals surface area contributed by atoms with Crippen molar-refractivity contribution in [3.8, 4) is 0 Å². The number of ether oxygens (including phenoxy) is 1. The Balaban J connectivity index is 1.74. The normalized spacial score (nSPS) is 10.3. The number of aromatic nitrogens is 1. The van der Waals surface area contributed by atoms with Crippen LogP contribution in [0.15, 0.2) is 48.8 Å². The largest absolute Gasteiger partial charge is 0.383 e. The Kier molecular flexibility index (Phi) is 8.75. The zero-order chi connectivity index (χ0) is 19.3. The summed E-state index contributed by atoms with van der Waals surface area (Å²) >= 11 is 0. The number of urea groups is 1. The van der Waals surface area contributed by atoms with Crippen LogP contribution in [0.2, 0.25) is 0 Å². The second-order valence-corrected chi connectivity index (χ2v) is 5.81. The number of anilines is 1. The van der Waals surface area contributed by atoms with Crippen LogP contribution in [0.5, 0.6) is 0 Å². The molecule has 2 rings (SSSR count). The van der Waals surface area contributed by atoms with Crippen molar-refractivity contribution < 1.29 is 14.3 Å². The van der Waals surface area contributed by atoms with Gasteiger partial charge in [0.25, 0.3) is 0 Å². The number of nitrogens with one attached hydrogen (secondary N) is 4. The minimum atomic E-state index is -0.296. The second-order valence-electron chi connectivity index (χ2n) is 5.81. The molecule has 0 radical (unpaired) electrons. The van der Waals surface area contributed by atoms with Crippen LogP contribution in [0.4, 0.5) is 10.5 Å². The highest BCUT2D eigenvalue weighted by Gasteiger charge is 2.04. The Labute approximate surface area is 158 Å². The number of carbonyl (C=O) groups is 2. The number of hydrogen-bond donors (Lipinski definition) is 4. The fourth-order valence-electron chi connectivity index (χ4n) is 2.26. The molecule has 4 N–H and O–H groups in total. The van der Waals surface area contributed by atoms with E-state index in [4.69, 9.17) is 4.74 Å². The lowest BCUT2D eigenvalue weighted by atomic mass is 10.2. The van der Waals surface area contributed by atoms with E-state index in [1.807, 2.05) is 30.3 Å². The van der Waals surface area contributed by atoms with Crippen LogP contribution in [0.25, 0.3) is 0 Å². The third kappa shape index (κ3) is 8.30. The molecule has 3 amide bonds. The van der Waals surface area contributed by atoms with E-state index in [-0.39, 0.29) is 18.5 Å². The van der Waals surface area contributed by atoms with Gasteiger partial charge in [0.2, 0.25) is 5.91 Å². The van der Waals surface area contributed by atoms with Gasteiger partial charge in [-0.25, -0.2) is 4.79 Å². The van der Waals surface area contributed by atoms with Gasteiger partial charge in [-0.3, -0.25) is 9.78 Å². The van der Waals surface area contributed by atoms with Gasteiger partial charge in [-0.2, -0.15) is 0 Å². The first-order valence-electron chi connectivity index (χ1n) is 8.66. The Hall–Kier alpha value is -2.97. The van der Waals surface area contributed by atoms with Crippen molar-refractivity contribution in [1.29, 1.82) is 0 Å². The molecule has 1 aromatic carbocycles. The van der Waals surface area contributed by atoms with Crippen LogP contribution in [0.1, 0.15) is 11.1 Å². The van der Waals surface area contributed by atoms with Gasteiger partial charge in [-0.15, -0.1) is 0 Å². The molecule has 0 fully saturated rings. The van der Waals surface area contributed by atoms with E-state index in [0.29, 0.717) is 31.9 Å². The van der Waals surface area contributed by atoms with Crippen molar-refractivity contribution in [3.05, 3.63) is 59.9 Å². The highest BCUT2D eigenvalue weighted by Crippen LogP contribution is 2.10. The summed E-state index contributed by atoms with van der Waals surface area (Å²) in [6.45, 7) is 2.22. The topological polar surface area (TPSA) is 104 Å². The molecule has 8 heteroatoms. The van der Waals surface area contributed by atoms with Crippen molar-refractivity contribution in [2.24, 2.45) is 0 Å². The maximum atomic E-state index is 12.0. The molecule has 0 atom stereocenters. The number of carbonyl (C=O) groups excluding carboxylic acids is 2. The molecule has 1 aromatic heterocycles. The van der Waals surface area contributed by atoms with Crippen LogP contribution < -0.4 is 21.3 Å². The van der Waals surface area contributed by atoms with Crippen molar-refractivity contribution in [3.63, 3.8) is 0 Å². The first-order chi connectivity index (χ1) is 13.2. The van der Waals surface area contributed by atoms with E-state index in [9.17, 15) is 9.59 Å². The molecule has 0 saturated heterocycles. The molecular formula is C19H25N5O3.